The monoisotopic (exact) mass is 406 g/mol. The molecule has 2 heterocycles. The standard InChI is InChI=1S/C21H19ClN6O/c22-16-4-1-3-15(13-16)18-5-2-6-19-26-21(27-28(18)19)25-17-9-7-14(8-10-17)20(29)24-12-11-23/h1-10,13H,11-12,23H2,(H,24,29)(H,25,27). The third-order valence-corrected chi connectivity index (χ3v) is 4.55. The molecule has 0 atom stereocenters. The summed E-state index contributed by atoms with van der Waals surface area (Å²) < 4.78 is 1.77. The lowest BCUT2D eigenvalue weighted by Crippen LogP contribution is -2.28. The number of halogens is 1. The van der Waals surface area contributed by atoms with Crippen LogP contribution in [0.4, 0.5) is 11.6 Å². The highest BCUT2D eigenvalue weighted by Gasteiger charge is 2.10. The number of amides is 1. The summed E-state index contributed by atoms with van der Waals surface area (Å²) >= 11 is 6.13. The first-order valence-corrected chi connectivity index (χ1v) is 9.49. The maximum atomic E-state index is 12.0. The lowest BCUT2D eigenvalue weighted by atomic mass is 10.1. The molecular weight excluding hydrogens is 388 g/mol. The third-order valence-electron chi connectivity index (χ3n) is 4.31. The minimum absolute atomic E-state index is 0.154. The van der Waals surface area contributed by atoms with Crippen molar-refractivity contribution >= 4 is 34.8 Å². The van der Waals surface area contributed by atoms with Gasteiger partial charge in [-0.15, -0.1) is 5.10 Å². The molecule has 0 saturated carbocycles. The van der Waals surface area contributed by atoms with Crippen LogP contribution in [0.2, 0.25) is 5.02 Å². The minimum atomic E-state index is -0.154. The molecule has 2 aromatic heterocycles. The number of hydrogen-bond donors (Lipinski definition) is 3. The summed E-state index contributed by atoms with van der Waals surface area (Å²) in [5, 5.41) is 11.1. The molecule has 0 aliphatic heterocycles. The topological polar surface area (TPSA) is 97.3 Å². The molecule has 0 unspecified atom stereocenters. The molecule has 0 fully saturated rings. The molecular formula is C21H19ClN6O. The summed E-state index contributed by atoms with van der Waals surface area (Å²) in [6.45, 7) is 0.848. The predicted molar refractivity (Wildman–Crippen MR) is 115 cm³/mol. The average molecular weight is 407 g/mol. The van der Waals surface area contributed by atoms with Gasteiger partial charge in [0.15, 0.2) is 5.65 Å². The van der Waals surface area contributed by atoms with Crippen molar-refractivity contribution in [3.63, 3.8) is 0 Å². The van der Waals surface area contributed by atoms with Crippen LogP contribution in [-0.4, -0.2) is 33.6 Å². The largest absolute Gasteiger partial charge is 0.351 e. The number of rotatable bonds is 6. The molecule has 4 rings (SSSR count). The average Bonchev–Trinajstić information content (AvgIpc) is 3.15. The molecule has 2 aromatic carbocycles. The quantitative estimate of drug-likeness (QED) is 0.455. The van der Waals surface area contributed by atoms with Gasteiger partial charge in [-0.05, 0) is 48.5 Å². The fourth-order valence-electron chi connectivity index (χ4n) is 2.95. The van der Waals surface area contributed by atoms with Gasteiger partial charge in [-0.25, -0.2) is 4.52 Å². The number of anilines is 2. The van der Waals surface area contributed by atoms with Crippen LogP contribution in [-0.2, 0) is 0 Å². The molecule has 0 bridgehead atoms. The molecule has 1 amide bonds. The van der Waals surface area contributed by atoms with E-state index in [0.29, 0.717) is 35.3 Å². The molecule has 0 aliphatic carbocycles. The second-order valence-electron chi connectivity index (χ2n) is 6.37. The zero-order valence-electron chi connectivity index (χ0n) is 15.5. The molecule has 146 valence electrons. The Labute approximate surface area is 172 Å². The maximum Gasteiger partial charge on any atom is 0.251 e. The lowest BCUT2D eigenvalue weighted by Gasteiger charge is -2.05. The second kappa shape index (κ2) is 8.30. The van der Waals surface area contributed by atoms with Gasteiger partial charge in [0.25, 0.3) is 5.91 Å². The maximum absolute atomic E-state index is 12.0. The Kier molecular flexibility index (Phi) is 5.41. The van der Waals surface area contributed by atoms with Crippen LogP contribution in [0.25, 0.3) is 16.9 Å². The van der Waals surface area contributed by atoms with Crippen LogP contribution < -0.4 is 16.4 Å². The van der Waals surface area contributed by atoms with Crippen LogP contribution in [0.1, 0.15) is 10.4 Å². The van der Waals surface area contributed by atoms with E-state index in [1.54, 1.807) is 28.8 Å². The van der Waals surface area contributed by atoms with Crippen molar-refractivity contribution in [2.45, 2.75) is 0 Å². The Morgan fingerprint density at radius 1 is 1.07 bits per heavy atom. The number of nitrogens with one attached hydrogen (secondary N) is 2. The van der Waals surface area contributed by atoms with Crippen LogP contribution in [0.5, 0.6) is 0 Å². The Bertz CT molecular complexity index is 1160. The summed E-state index contributed by atoms with van der Waals surface area (Å²) in [7, 11) is 0. The number of benzene rings is 2. The van der Waals surface area contributed by atoms with E-state index >= 15 is 0 Å². The first-order valence-electron chi connectivity index (χ1n) is 9.11. The summed E-state index contributed by atoms with van der Waals surface area (Å²) in [6.07, 6.45) is 0. The number of nitrogens with two attached hydrogens (primary N) is 1. The predicted octanol–water partition coefficient (Wildman–Crippen LogP) is 3.48. The number of nitrogens with zero attached hydrogens (tertiary/aromatic N) is 3. The second-order valence-corrected chi connectivity index (χ2v) is 6.81. The van der Waals surface area contributed by atoms with Gasteiger partial charge in [0.2, 0.25) is 5.95 Å². The number of hydrogen-bond acceptors (Lipinski definition) is 5. The number of aromatic nitrogens is 3. The van der Waals surface area contributed by atoms with Crippen molar-refractivity contribution in [1.82, 2.24) is 19.9 Å². The third kappa shape index (κ3) is 4.21. The van der Waals surface area contributed by atoms with Crippen molar-refractivity contribution in [3.8, 4) is 11.3 Å². The molecule has 0 saturated heterocycles. The Hall–Kier alpha value is -3.42. The Morgan fingerprint density at radius 2 is 1.86 bits per heavy atom. The van der Waals surface area contributed by atoms with Gasteiger partial charge in [0.1, 0.15) is 0 Å². The van der Waals surface area contributed by atoms with Crippen molar-refractivity contribution in [3.05, 3.63) is 77.3 Å². The van der Waals surface area contributed by atoms with Crippen molar-refractivity contribution in [2.24, 2.45) is 5.73 Å². The van der Waals surface area contributed by atoms with Crippen molar-refractivity contribution in [1.29, 1.82) is 0 Å². The number of carbonyl (C=O) groups excluding carboxylic acids is 1. The van der Waals surface area contributed by atoms with Crippen LogP contribution >= 0.6 is 11.6 Å². The SMILES string of the molecule is NCCNC(=O)c1ccc(Nc2nc3cccc(-c4cccc(Cl)c4)n3n2)cc1. The molecule has 0 spiro atoms. The highest BCUT2D eigenvalue weighted by molar-refractivity contribution is 6.30. The van der Waals surface area contributed by atoms with E-state index in [-0.39, 0.29) is 5.91 Å². The van der Waals surface area contributed by atoms with Crippen LogP contribution in [0.3, 0.4) is 0 Å². The fraction of sp³-hybridized carbons (Fsp3) is 0.0952. The normalized spacial score (nSPS) is 10.8. The molecule has 29 heavy (non-hydrogen) atoms. The highest BCUT2D eigenvalue weighted by Crippen LogP contribution is 2.24. The van der Waals surface area contributed by atoms with Crippen LogP contribution in [0, 0.1) is 0 Å². The number of pyridine rings is 1. The Morgan fingerprint density at radius 3 is 2.62 bits per heavy atom. The van der Waals surface area contributed by atoms with Crippen molar-refractivity contribution < 1.29 is 4.79 Å². The van der Waals surface area contributed by atoms with Gasteiger partial charge in [-0.2, -0.15) is 4.98 Å². The smallest absolute Gasteiger partial charge is 0.251 e. The molecule has 4 N–H and O–H groups in total. The van der Waals surface area contributed by atoms with Crippen molar-refractivity contribution in [2.75, 3.05) is 18.4 Å². The van der Waals surface area contributed by atoms with Gasteiger partial charge in [0.05, 0.1) is 5.69 Å². The highest BCUT2D eigenvalue weighted by atomic mass is 35.5. The fourth-order valence-corrected chi connectivity index (χ4v) is 3.14. The van der Waals surface area contributed by atoms with Gasteiger partial charge in [0, 0.05) is 34.9 Å². The molecule has 8 heteroatoms. The zero-order chi connectivity index (χ0) is 20.2. The van der Waals surface area contributed by atoms with Gasteiger partial charge in [-0.3, -0.25) is 4.79 Å². The van der Waals surface area contributed by atoms with Crippen LogP contribution in [0.15, 0.2) is 66.7 Å². The van der Waals surface area contributed by atoms with E-state index in [1.165, 1.54) is 0 Å². The zero-order valence-corrected chi connectivity index (χ0v) is 16.2. The van der Waals surface area contributed by atoms with E-state index in [1.807, 2.05) is 42.5 Å². The van der Waals surface area contributed by atoms with E-state index in [0.717, 1.165) is 16.9 Å². The number of fused-ring (bicyclic) bond motifs is 1. The van der Waals surface area contributed by atoms with Gasteiger partial charge in [-0.1, -0.05) is 29.8 Å². The van der Waals surface area contributed by atoms with Gasteiger partial charge >= 0.3 is 0 Å². The lowest BCUT2D eigenvalue weighted by molar-refractivity contribution is 0.0955. The molecule has 7 nitrogen and oxygen atoms in total. The number of carbonyl (C=O) groups is 1. The molecule has 4 aromatic rings. The summed E-state index contributed by atoms with van der Waals surface area (Å²) in [4.78, 5) is 16.5. The summed E-state index contributed by atoms with van der Waals surface area (Å²) in [6, 6.07) is 20.5. The molecule has 0 aliphatic rings. The van der Waals surface area contributed by atoms with E-state index in [4.69, 9.17) is 17.3 Å². The minimum Gasteiger partial charge on any atom is -0.351 e. The first-order chi connectivity index (χ1) is 14.1. The van der Waals surface area contributed by atoms with E-state index in [2.05, 4.69) is 20.7 Å². The van der Waals surface area contributed by atoms with E-state index < -0.39 is 0 Å². The van der Waals surface area contributed by atoms with Gasteiger partial charge < -0.3 is 16.4 Å². The van der Waals surface area contributed by atoms with E-state index in [9.17, 15) is 4.79 Å². The summed E-state index contributed by atoms with van der Waals surface area (Å²) in [5.41, 5.74) is 9.30. The Balaban J connectivity index is 1.58. The first kappa shape index (κ1) is 18.9. The molecule has 0 radical (unpaired) electrons. The summed E-state index contributed by atoms with van der Waals surface area (Å²) in [5.74, 6) is 0.304.